The minimum absolute atomic E-state index is 0.0342. The maximum atomic E-state index is 12.3. The number of carbonyl (C=O) groups excluding carboxylic acids is 1. The zero-order valence-corrected chi connectivity index (χ0v) is 13.9. The highest BCUT2D eigenvalue weighted by atomic mass is 35.5. The SMILES string of the molecule is CC1CC1C(NC(=O)CC(C)(C)C(=O)O)c1ccc(Cl)cc1. The largest absolute Gasteiger partial charge is 0.481 e. The molecule has 0 aromatic heterocycles. The second-order valence-corrected chi connectivity index (χ2v) is 7.28. The van der Waals surface area contributed by atoms with Gasteiger partial charge in [-0.3, -0.25) is 9.59 Å². The highest BCUT2D eigenvalue weighted by Gasteiger charge is 2.41. The number of carboxylic acids is 1. The van der Waals surface area contributed by atoms with E-state index in [2.05, 4.69) is 12.2 Å². The van der Waals surface area contributed by atoms with E-state index in [1.807, 2.05) is 24.3 Å². The molecule has 1 aromatic rings. The molecule has 0 saturated heterocycles. The Morgan fingerprint density at radius 1 is 1.36 bits per heavy atom. The summed E-state index contributed by atoms with van der Waals surface area (Å²) in [5.74, 6) is -0.233. The van der Waals surface area contributed by atoms with Crippen LogP contribution in [0.1, 0.15) is 45.2 Å². The number of nitrogens with one attached hydrogen (secondary N) is 1. The van der Waals surface area contributed by atoms with E-state index in [1.54, 1.807) is 13.8 Å². The summed E-state index contributed by atoms with van der Waals surface area (Å²) in [6, 6.07) is 7.37. The predicted molar refractivity (Wildman–Crippen MR) is 85.6 cm³/mol. The van der Waals surface area contributed by atoms with E-state index in [9.17, 15) is 9.59 Å². The maximum Gasteiger partial charge on any atom is 0.309 e. The van der Waals surface area contributed by atoms with Crippen LogP contribution >= 0.6 is 11.6 Å². The third kappa shape index (κ3) is 4.01. The normalized spacial score (nSPS) is 22.0. The number of carbonyl (C=O) groups is 2. The van der Waals surface area contributed by atoms with Crippen LogP contribution in [-0.2, 0) is 9.59 Å². The van der Waals surface area contributed by atoms with Crippen molar-refractivity contribution in [1.82, 2.24) is 5.32 Å². The Kier molecular flexibility index (Phi) is 4.81. The molecule has 3 unspecified atom stereocenters. The molecule has 0 bridgehead atoms. The first-order valence-corrected chi connectivity index (χ1v) is 7.87. The van der Waals surface area contributed by atoms with Gasteiger partial charge in [-0.15, -0.1) is 0 Å². The Morgan fingerprint density at radius 3 is 2.36 bits per heavy atom. The van der Waals surface area contributed by atoms with Crippen molar-refractivity contribution in [3.63, 3.8) is 0 Å². The highest BCUT2D eigenvalue weighted by Crippen LogP contribution is 2.47. The smallest absolute Gasteiger partial charge is 0.309 e. The van der Waals surface area contributed by atoms with E-state index >= 15 is 0 Å². The van der Waals surface area contributed by atoms with Crippen LogP contribution < -0.4 is 5.32 Å². The first kappa shape index (κ1) is 16.8. The predicted octanol–water partition coefficient (Wildman–Crippen LogP) is 3.65. The number of aliphatic carboxylic acids is 1. The number of halogens is 1. The molecule has 1 saturated carbocycles. The van der Waals surface area contributed by atoms with Crippen molar-refractivity contribution in [2.75, 3.05) is 0 Å². The first-order valence-electron chi connectivity index (χ1n) is 7.49. The molecule has 5 heteroatoms. The number of hydrogen-bond acceptors (Lipinski definition) is 2. The molecule has 0 heterocycles. The monoisotopic (exact) mass is 323 g/mol. The van der Waals surface area contributed by atoms with E-state index in [0.717, 1.165) is 12.0 Å². The topological polar surface area (TPSA) is 66.4 Å². The molecular formula is C17H22ClNO3. The molecule has 22 heavy (non-hydrogen) atoms. The minimum atomic E-state index is -1.07. The van der Waals surface area contributed by atoms with Gasteiger partial charge in [0.2, 0.25) is 5.91 Å². The summed E-state index contributed by atoms with van der Waals surface area (Å²) in [5, 5.41) is 12.8. The fourth-order valence-corrected chi connectivity index (χ4v) is 2.75. The molecule has 120 valence electrons. The Bertz CT molecular complexity index is 568. The first-order chi connectivity index (χ1) is 10.2. The molecule has 0 spiro atoms. The molecule has 3 atom stereocenters. The molecule has 1 aliphatic carbocycles. The lowest BCUT2D eigenvalue weighted by atomic mass is 9.89. The van der Waals surface area contributed by atoms with Gasteiger partial charge in [0.15, 0.2) is 0 Å². The van der Waals surface area contributed by atoms with Crippen molar-refractivity contribution in [2.45, 2.75) is 39.7 Å². The number of carboxylic acid groups (broad SMARTS) is 1. The van der Waals surface area contributed by atoms with Crippen LogP contribution in [0.5, 0.6) is 0 Å². The van der Waals surface area contributed by atoms with Gasteiger partial charge in [0.25, 0.3) is 0 Å². The standard InChI is InChI=1S/C17H22ClNO3/c1-10-8-13(10)15(11-4-6-12(18)7-5-11)19-14(20)9-17(2,3)16(21)22/h4-7,10,13,15H,8-9H2,1-3H3,(H,19,20)(H,21,22). The van der Waals surface area contributed by atoms with Crippen molar-refractivity contribution in [1.29, 1.82) is 0 Å². The van der Waals surface area contributed by atoms with Gasteiger partial charge in [-0.1, -0.05) is 30.7 Å². The Balaban J connectivity index is 2.09. The van der Waals surface area contributed by atoms with Crippen LogP contribution in [0.25, 0.3) is 0 Å². The zero-order chi connectivity index (χ0) is 16.5. The molecule has 1 aromatic carbocycles. The van der Waals surface area contributed by atoms with E-state index < -0.39 is 11.4 Å². The van der Waals surface area contributed by atoms with Crippen LogP contribution in [0.2, 0.25) is 5.02 Å². The summed E-state index contributed by atoms with van der Waals surface area (Å²) in [5.41, 5.74) is -0.0516. The van der Waals surface area contributed by atoms with Crippen LogP contribution in [-0.4, -0.2) is 17.0 Å². The van der Waals surface area contributed by atoms with Crippen molar-refractivity contribution in [2.24, 2.45) is 17.3 Å². The van der Waals surface area contributed by atoms with Gasteiger partial charge in [0, 0.05) is 11.4 Å². The maximum absolute atomic E-state index is 12.3. The van der Waals surface area contributed by atoms with E-state index in [4.69, 9.17) is 16.7 Å². The third-order valence-corrected chi connectivity index (χ3v) is 4.58. The molecule has 0 aliphatic heterocycles. The number of benzene rings is 1. The van der Waals surface area contributed by atoms with Crippen molar-refractivity contribution in [3.8, 4) is 0 Å². The van der Waals surface area contributed by atoms with Crippen LogP contribution in [0.4, 0.5) is 0 Å². The van der Waals surface area contributed by atoms with Crippen LogP contribution in [0.15, 0.2) is 24.3 Å². The molecular weight excluding hydrogens is 302 g/mol. The Morgan fingerprint density at radius 2 is 1.91 bits per heavy atom. The lowest BCUT2D eigenvalue weighted by molar-refractivity contribution is -0.149. The van der Waals surface area contributed by atoms with Gasteiger partial charge in [0.05, 0.1) is 11.5 Å². The summed E-state index contributed by atoms with van der Waals surface area (Å²) in [7, 11) is 0. The van der Waals surface area contributed by atoms with Gasteiger partial charge >= 0.3 is 5.97 Å². The summed E-state index contributed by atoms with van der Waals surface area (Å²) in [6.45, 7) is 5.28. The van der Waals surface area contributed by atoms with E-state index in [0.29, 0.717) is 16.9 Å². The molecule has 4 nitrogen and oxygen atoms in total. The fraction of sp³-hybridized carbons (Fsp3) is 0.529. The molecule has 1 aliphatic rings. The molecule has 2 rings (SSSR count). The van der Waals surface area contributed by atoms with E-state index in [-0.39, 0.29) is 18.4 Å². The highest BCUT2D eigenvalue weighted by molar-refractivity contribution is 6.30. The molecule has 2 N–H and O–H groups in total. The number of amides is 1. The van der Waals surface area contributed by atoms with E-state index in [1.165, 1.54) is 0 Å². The summed E-state index contributed by atoms with van der Waals surface area (Å²) in [6.07, 6.45) is 1.03. The second kappa shape index (κ2) is 6.29. The van der Waals surface area contributed by atoms with Crippen LogP contribution in [0.3, 0.4) is 0 Å². The summed E-state index contributed by atoms with van der Waals surface area (Å²) in [4.78, 5) is 23.4. The third-order valence-electron chi connectivity index (χ3n) is 4.33. The quantitative estimate of drug-likeness (QED) is 0.839. The second-order valence-electron chi connectivity index (χ2n) is 6.84. The number of hydrogen-bond donors (Lipinski definition) is 2. The number of rotatable bonds is 6. The average molecular weight is 324 g/mol. The van der Waals surface area contributed by atoms with Crippen molar-refractivity contribution in [3.05, 3.63) is 34.9 Å². The summed E-state index contributed by atoms with van der Waals surface area (Å²) >= 11 is 5.92. The van der Waals surface area contributed by atoms with Gasteiger partial charge in [-0.05, 0) is 49.8 Å². The van der Waals surface area contributed by atoms with Crippen LogP contribution in [0, 0.1) is 17.3 Å². The van der Waals surface area contributed by atoms with Gasteiger partial charge in [0.1, 0.15) is 0 Å². The van der Waals surface area contributed by atoms with Gasteiger partial charge in [-0.2, -0.15) is 0 Å². The summed E-state index contributed by atoms with van der Waals surface area (Å²) < 4.78 is 0. The molecule has 1 amide bonds. The molecule has 1 fully saturated rings. The van der Waals surface area contributed by atoms with Crippen molar-refractivity contribution >= 4 is 23.5 Å². The average Bonchev–Trinajstić information content (AvgIpc) is 3.13. The molecule has 0 radical (unpaired) electrons. The Hall–Kier alpha value is -1.55. The lowest BCUT2D eigenvalue weighted by Gasteiger charge is -2.23. The zero-order valence-electron chi connectivity index (χ0n) is 13.1. The minimum Gasteiger partial charge on any atom is -0.481 e. The fourth-order valence-electron chi connectivity index (χ4n) is 2.62. The van der Waals surface area contributed by atoms with Gasteiger partial charge < -0.3 is 10.4 Å². The van der Waals surface area contributed by atoms with Gasteiger partial charge in [-0.25, -0.2) is 0 Å². The van der Waals surface area contributed by atoms with Crippen molar-refractivity contribution < 1.29 is 14.7 Å². The lowest BCUT2D eigenvalue weighted by Crippen LogP contribution is -2.36. The Labute approximate surface area is 135 Å².